The SMILES string of the molecule is CC(C)c1ccc(N(C)C(=O)c2cc3c(=O)oc4ccccc4c3s2)cc1. The minimum atomic E-state index is -0.414. The number of amides is 1. The Morgan fingerprint density at radius 2 is 1.74 bits per heavy atom. The second kappa shape index (κ2) is 6.67. The number of thiophene rings is 1. The quantitative estimate of drug-likeness (QED) is 0.449. The Kier molecular flexibility index (Phi) is 4.32. The molecule has 0 bridgehead atoms. The van der Waals surface area contributed by atoms with Crippen LogP contribution in [0.25, 0.3) is 21.1 Å². The molecule has 0 atom stereocenters. The monoisotopic (exact) mass is 377 g/mol. The van der Waals surface area contributed by atoms with Crippen LogP contribution < -0.4 is 10.5 Å². The van der Waals surface area contributed by atoms with Crippen LogP contribution in [-0.4, -0.2) is 13.0 Å². The third kappa shape index (κ3) is 3.04. The summed E-state index contributed by atoms with van der Waals surface area (Å²) in [4.78, 5) is 27.4. The van der Waals surface area contributed by atoms with E-state index in [0.29, 0.717) is 21.8 Å². The molecule has 0 radical (unpaired) electrons. The normalized spacial score (nSPS) is 11.4. The van der Waals surface area contributed by atoms with Gasteiger partial charge in [-0.15, -0.1) is 11.3 Å². The third-order valence-electron chi connectivity index (χ3n) is 4.75. The Labute approximate surface area is 160 Å². The van der Waals surface area contributed by atoms with Gasteiger partial charge in [0.15, 0.2) is 0 Å². The van der Waals surface area contributed by atoms with Crippen LogP contribution in [-0.2, 0) is 0 Å². The lowest BCUT2D eigenvalue weighted by Crippen LogP contribution is -2.25. The van der Waals surface area contributed by atoms with E-state index in [-0.39, 0.29) is 5.91 Å². The van der Waals surface area contributed by atoms with E-state index in [0.717, 1.165) is 15.8 Å². The number of anilines is 1. The van der Waals surface area contributed by atoms with Crippen LogP contribution in [0.2, 0.25) is 0 Å². The van der Waals surface area contributed by atoms with E-state index in [1.807, 2.05) is 42.5 Å². The van der Waals surface area contributed by atoms with Crippen molar-refractivity contribution in [2.24, 2.45) is 0 Å². The van der Waals surface area contributed by atoms with Gasteiger partial charge in [0.05, 0.1) is 15.0 Å². The van der Waals surface area contributed by atoms with Gasteiger partial charge in [-0.25, -0.2) is 4.79 Å². The summed E-state index contributed by atoms with van der Waals surface area (Å²) in [5.74, 6) is 0.298. The standard InChI is InChI=1S/C22H19NO3S/c1-13(2)14-8-10-15(11-9-14)23(3)21(24)19-12-17-20(27-19)16-6-4-5-7-18(16)26-22(17)25/h4-13H,1-3H3. The Balaban J connectivity index is 1.75. The fourth-order valence-electron chi connectivity index (χ4n) is 3.11. The lowest BCUT2D eigenvalue weighted by atomic mass is 10.0. The fourth-order valence-corrected chi connectivity index (χ4v) is 4.26. The summed E-state index contributed by atoms with van der Waals surface area (Å²) in [6.07, 6.45) is 0. The Morgan fingerprint density at radius 1 is 1.04 bits per heavy atom. The van der Waals surface area contributed by atoms with E-state index in [1.165, 1.54) is 16.9 Å². The van der Waals surface area contributed by atoms with Gasteiger partial charge in [0.25, 0.3) is 5.91 Å². The highest BCUT2D eigenvalue weighted by Crippen LogP contribution is 2.31. The molecule has 0 spiro atoms. The maximum atomic E-state index is 13.0. The number of hydrogen-bond donors (Lipinski definition) is 0. The van der Waals surface area contributed by atoms with E-state index < -0.39 is 5.63 Å². The average molecular weight is 377 g/mol. The highest BCUT2D eigenvalue weighted by Gasteiger charge is 2.19. The third-order valence-corrected chi connectivity index (χ3v) is 5.91. The van der Waals surface area contributed by atoms with E-state index in [4.69, 9.17) is 4.42 Å². The summed E-state index contributed by atoms with van der Waals surface area (Å²) in [6.45, 7) is 4.27. The van der Waals surface area contributed by atoms with Gasteiger partial charge in [-0.3, -0.25) is 4.79 Å². The first-order valence-electron chi connectivity index (χ1n) is 8.79. The van der Waals surface area contributed by atoms with Crippen molar-refractivity contribution in [3.8, 4) is 0 Å². The first-order chi connectivity index (χ1) is 13.0. The summed E-state index contributed by atoms with van der Waals surface area (Å²) in [6, 6.07) is 17.0. The molecule has 4 aromatic rings. The van der Waals surface area contributed by atoms with Crippen molar-refractivity contribution in [1.29, 1.82) is 0 Å². The van der Waals surface area contributed by atoms with E-state index in [2.05, 4.69) is 13.8 Å². The minimum Gasteiger partial charge on any atom is -0.422 e. The summed E-state index contributed by atoms with van der Waals surface area (Å²) >= 11 is 1.33. The van der Waals surface area contributed by atoms with Gasteiger partial charge in [0.1, 0.15) is 5.58 Å². The molecule has 0 aliphatic heterocycles. The molecule has 136 valence electrons. The molecule has 2 aromatic carbocycles. The highest BCUT2D eigenvalue weighted by molar-refractivity contribution is 7.21. The zero-order valence-corrected chi connectivity index (χ0v) is 16.2. The summed E-state index contributed by atoms with van der Waals surface area (Å²) < 4.78 is 6.16. The zero-order valence-electron chi connectivity index (χ0n) is 15.4. The number of carbonyl (C=O) groups is 1. The van der Waals surface area contributed by atoms with Gasteiger partial charge in [-0.05, 0) is 41.8 Å². The van der Waals surface area contributed by atoms with Crippen LogP contribution in [0.1, 0.15) is 35.0 Å². The first-order valence-corrected chi connectivity index (χ1v) is 9.61. The van der Waals surface area contributed by atoms with Crippen molar-refractivity contribution in [3.63, 3.8) is 0 Å². The minimum absolute atomic E-state index is 0.142. The maximum Gasteiger partial charge on any atom is 0.345 e. The number of para-hydroxylation sites is 1. The first kappa shape index (κ1) is 17.5. The van der Waals surface area contributed by atoms with Crippen molar-refractivity contribution < 1.29 is 9.21 Å². The average Bonchev–Trinajstić information content (AvgIpc) is 3.13. The molecule has 0 saturated carbocycles. The number of fused-ring (bicyclic) bond motifs is 3. The Hall–Kier alpha value is -2.92. The van der Waals surface area contributed by atoms with Gasteiger partial charge >= 0.3 is 5.63 Å². The molecule has 0 saturated heterocycles. The molecule has 0 unspecified atom stereocenters. The van der Waals surface area contributed by atoms with Crippen LogP contribution in [0.15, 0.2) is 63.8 Å². The van der Waals surface area contributed by atoms with Gasteiger partial charge in [-0.1, -0.05) is 38.1 Å². The van der Waals surface area contributed by atoms with Crippen LogP contribution in [0.3, 0.4) is 0 Å². The van der Waals surface area contributed by atoms with E-state index >= 15 is 0 Å². The molecule has 0 aliphatic carbocycles. The smallest absolute Gasteiger partial charge is 0.345 e. The molecule has 0 N–H and O–H groups in total. The van der Waals surface area contributed by atoms with Crippen LogP contribution in [0, 0.1) is 0 Å². The molecule has 1 amide bonds. The van der Waals surface area contributed by atoms with Gasteiger partial charge in [-0.2, -0.15) is 0 Å². The largest absolute Gasteiger partial charge is 0.422 e. The number of nitrogens with zero attached hydrogens (tertiary/aromatic N) is 1. The van der Waals surface area contributed by atoms with Crippen LogP contribution in [0.4, 0.5) is 5.69 Å². The van der Waals surface area contributed by atoms with Crippen molar-refractivity contribution in [2.45, 2.75) is 19.8 Å². The lowest BCUT2D eigenvalue weighted by Gasteiger charge is -2.17. The number of benzene rings is 2. The van der Waals surface area contributed by atoms with E-state index in [1.54, 1.807) is 24.1 Å². The second-order valence-corrected chi connectivity index (χ2v) is 7.90. The number of hydrogen-bond acceptors (Lipinski definition) is 4. The molecule has 0 aliphatic rings. The molecule has 4 nitrogen and oxygen atoms in total. The topological polar surface area (TPSA) is 50.5 Å². The molecule has 2 aromatic heterocycles. The molecule has 5 heteroatoms. The van der Waals surface area contributed by atoms with Gasteiger partial charge in [0.2, 0.25) is 0 Å². The second-order valence-electron chi connectivity index (χ2n) is 6.85. The van der Waals surface area contributed by atoms with Crippen LogP contribution >= 0.6 is 11.3 Å². The van der Waals surface area contributed by atoms with Crippen molar-refractivity contribution in [3.05, 3.63) is 75.5 Å². The Bertz CT molecular complexity index is 1200. The molecular formula is C22H19NO3S. The Morgan fingerprint density at radius 3 is 2.44 bits per heavy atom. The number of carbonyl (C=O) groups excluding carboxylic acids is 1. The maximum absolute atomic E-state index is 13.0. The van der Waals surface area contributed by atoms with Gasteiger partial charge < -0.3 is 9.32 Å². The molecule has 0 fully saturated rings. The van der Waals surface area contributed by atoms with Crippen molar-refractivity contribution >= 4 is 44.0 Å². The summed E-state index contributed by atoms with van der Waals surface area (Å²) in [5.41, 5.74) is 2.17. The molecule has 27 heavy (non-hydrogen) atoms. The molecular weight excluding hydrogens is 358 g/mol. The predicted octanol–water partition coefficient (Wildman–Crippen LogP) is 5.41. The van der Waals surface area contributed by atoms with Crippen LogP contribution in [0.5, 0.6) is 0 Å². The molecule has 4 rings (SSSR count). The summed E-state index contributed by atoms with van der Waals surface area (Å²) in [7, 11) is 1.75. The zero-order chi connectivity index (χ0) is 19.1. The van der Waals surface area contributed by atoms with Crippen molar-refractivity contribution in [1.82, 2.24) is 0 Å². The predicted molar refractivity (Wildman–Crippen MR) is 111 cm³/mol. The van der Waals surface area contributed by atoms with Crippen molar-refractivity contribution in [2.75, 3.05) is 11.9 Å². The van der Waals surface area contributed by atoms with E-state index in [9.17, 15) is 9.59 Å². The lowest BCUT2D eigenvalue weighted by molar-refractivity contribution is 0.0997. The van der Waals surface area contributed by atoms with Gasteiger partial charge in [0, 0.05) is 18.1 Å². The fraction of sp³-hybridized carbons (Fsp3) is 0.182. The highest BCUT2D eigenvalue weighted by atomic mass is 32.1. The molecule has 2 heterocycles. The summed E-state index contributed by atoms with van der Waals surface area (Å²) in [5, 5.41) is 1.30. The number of rotatable bonds is 3.